The summed E-state index contributed by atoms with van der Waals surface area (Å²) in [5.74, 6) is 0.647. The van der Waals surface area contributed by atoms with E-state index in [1.807, 2.05) is 24.3 Å². The number of carbonyl (C=O) groups is 2. The van der Waals surface area contributed by atoms with Crippen LogP contribution in [0.2, 0.25) is 0 Å². The van der Waals surface area contributed by atoms with E-state index in [1.54, 1.807) is 45.5 Å². The first-order valence-corrected chi connectivity index (χ1v) is 7.74. The zero-order valence-corrected chi connectivity index (χ0v) is 14.2. The van der Waals surface area contributed by atoms with E-state index in [2.05, 4.69) is 5.32 Å². The van der Waals surface area contributed by atoms with Crippen LogP contribution >= 0.6 is 0 Å². The van der Waals surface area contributed by atoms with Crippen molar-refractivity contribution in [3.8, 4) is 5.75 Å². The smallest absolute Gasteiger partial charge is 0.253 e. The predicted molar refractivity (Wildman–Crippen MR) is 94.4 cm³/mol. The average Bonchev–Trinajstić information content (AvgIpc) is 2.60. The van der Waals surface area contributed by atoms with Crippen molar-refractivity contribution in [3.05, 3.63) is 59.7 Å². The van der Waals surface area contributed by atoms with Gasteiger partial charge in [0.15, 0.2) is 0 Å². The second-order valence-electron chi connectivity index (χ2n) is 5.64. The van der Waals surface area contributed by atoms with Crippen LogP contribution in [-0.4, -0.2) is 37.9 Å². The molecule has 0 saturated heterocycles. The standard InChI is InChI=1S/C19H22N2O3/c1-21(2)19(23)15-8-11-16(12-9-15)20-18(22)13-10-14-6-4-5-7-17(14)24-3/h4-9,11-12H,10,13H2,1-3H3,(H,20,22). The molecule has 0 saturated carbocycles. The number of nitrogens with one attached hydrogen (secondary N) is 1. The molecule has 2 aromatic carbocycles. The van der Waals surface area contributed by atoms with Gasteiger partial charge in [0.05, 0.1) is 7.11 Å². The minimum Gasteiger partial charge on any atom is -0.496 e. The molecule has 2 amide bonds. The third-order valence-corrected chi connectivity index (χ3v) is 3.64. The largest absolute Gasteiger partial charge is 0.496 e. The van der Waals surface area contributed by atoms with E-state index < -0.39 is 0 Å². The number of para-hydroxylation sites is 1. The molecule has 0 heterocycles. The van der Waals surface area contributed by atoms with E-state index in [1.165, 1.54) is 4.90 Å². The van der Waals surface area contributed by atoms with Gasteiger partial charge in [-0.25, -0.2) is 0 Å². The first-order valence-electron chi connectivity index (χ1n) is 7.74. The third-order valence-electron chi connectivity index (χ3n) is 3.64. The van der Waals surface area contributed by atoms with Crippen LogP contribution in [0.15, 0.2) is 48.5 Å². The van der Waals surface area contributed by atoms with Gasteiger partial charge >= 0.3 is 0 Å². The number of benzene rings is 2. The zero-order chi connectivity index (χ0) is 17.5. The van der Waals surface area contributed by atoms with Gasteiger partial charge in [-0.1, -0.05) is 18.2 Å². The van der Waals surface area contributed by atoms with E-state index in [0.29, 0.717) is 24.1 Å². The fourth-order valence-corrected chi connectivity index (χ4v) is 2.34. The minimum absolute atomic E-state index is 0.0657. The molecule has 0 unspecified atom stereocenters. The molecule has 126 valence electrons. The van der Waals surface area contributed by atoms with Crippen LogP contribution < -0.4 is 10.1 Å². The molecule has 1 N–H and O–H groups in total. The van der Waals surface area contributed by atoms with Gasteiger partial charge in [-0.2, -0.15) is 0 Å². The second-order valence-corrected chi connectivity index (χ2v) is 5.64. The highest BCUT2D eigenvalue weighted by molar-refractivity contribution is 5.95. The summed E-state index contributed by atoms with van der Waals surface area (Å²) in [5.41, 5.74) is 2.27. The summed E-state index contributed by atoms with van der Waals surface area (Å²) in [6.45, 7) is 0. The lowest BCUT2D eigenvalue weighted by Gasteiger charge is -2.11. The van der Waals surface area contributed by atoms with Crippen LogP contribution in [0.3, 0.4) is 0 Å². The third kappa shape index (κ3) is 4.59. The van der Waals surface area contributed by atoms with E-state index in [0.717, 1.165) is 11.3 Å². The molecule has 0 aromatic heterocycles. The van der Waals surface area contributed by atoms with Gasteiger partial charge in [-0.05, 0) is 42.3 Å². The van der Waals surface area contributed by atoms with E-state index in [-0.39, 0.29) is 11.8 Å². The Labute approximate surface area is 142 Å². The first kappa shape index (κ1) is 17.5. The molecule has 2 aromatic rings. The molecular formula is C19H22N2O3. The van der Waals surface area contributed by atoms with Gasteiger partial charge in [0.25, 0.3) is 5.91 Å². The van der Waals surface area contributed by atoms with Gasteiger partial charge in [0, 0.05) is 31.8 Å². The highest BCUT2D eigenvalue weighted by Gasteiger charge is 2.09. The Hall–Kier alpha value is -2.82. The molecule has 5 heteroatoms. The number of hydrogen-bond acceptors (Lipinski definition) is 3. The molecule has 0 radical (unpaired) electrons. The number of methoxy groups -OCH3 is 1. The number of anilines is 1. The van der Waals surface area contributed by atoms with Crippen LogP contribution in [0.5, 0.6) is 5.75 Å². The monoisotopic (exact) mass is 326 g/mol. The van der Waals surface area contributed by atoms with Gasteiger partial charge in [0.1, 0.15) is 5.75 Å². The minimum atomic E-state index is -0.0763. The molecule has 0 spiro atoms. The lowest BCUT2D eigenvalue weighted by atomic mass is 10.1. The summed E-state index contributed by atoms with van der Waals surface area (Å²) in [6.07, 6.45) is 0.964. The van der Waals surface area contributed by atoms with Crippen LogP contribution in [0, 0.1) is 0 Å². The molecule has 5 nitrogen and oxygen atoms in total. The first-order chi connectivity index (χ1) is 11.5. The van der Waals surface area contributed by atoms with Gasteiger partial charge in [0.2, 0.25) is 5.91 Å². The molecule has 0 atom stereocenters. The van der Waals surface area contributed by atoms with Crippen molar-refractivity contribution in [2.45, 2.75) is 12.8 Å². The van der Waals surface area contributed by atoms with Crippen molar-refractivity contribution >= 4 is 17.5 Å². The van der Waals surface area contributed by atoms with Crippen LogP contribution in [-0.2, 0) is 11.2 Å². The maximum absolute atomic E-state index is 12.1. The highest BCUT2D eigenvalue weighted by atomic mass is 16.5. The van der Waals surface area contributed by atoms with Gasteiger partial charge in [-0.15, -0.1) is 0 Å². The van der Waals surface area contributed by atoms with Crippen molar-refractivity contribution in [1.82, 2.24) is 4.90 Å². The topological polar surface area (TPSA) is 58.6 Å². The summed E-state index contributed by atoms with van der Waals surface area (Å²) >= 11 is 0. The second kappa shape index (κ2) is 8.15. The van der Waals surface area contributed by atoms with Crippen molar-refractivity contribution in [3.63, 3.8) is 0 Å². The summed E-state index contributed by atoms with van der Waals surface area (Å²) in [6, 6.07) is 14.5. The van der Waals surface area contributed by atoms with Crippen LogP contribution in [0.25, 0.3) is 0 Å². The number of aryl methyl sites for hydroxylation is 1. The quantitative estimate of drug-likeness (QED) is 0.888. The Morgan fingerprint density at radius 3 is 2.33 bits per heavy atom. The van der Waals surface area contributed by atoms with E-state index in [9.17, 15) is 9.59 Å². The molecular weight excluding hydrogens is 304 g/mol. The van der Waals surface area contributed by atoms with Crippen molar-refractivity contribution in [2.24, 2.45) is 0 Å². The molecule has 0 bridgehead atoms. The van der Waals surface area contributed by atoms with Crippen LogP contribution in [0.4, 0.5) is 5.69 Å². The molecule has 0 aliphatic heterocycles. The zero-order valence-electron chi connectivity index (χ0n) is 14.2. The summed E-state index contributed by atoms with van der Waals surface area (Å²) in [4.78, 5) is 25.4. The SMILES string of the molecule is COc1ccccc1CCC(=O)Nc1ccc(C(=O)N(C)C)cc1. The van der Waals surface area contributed by atoms with Crippen molar-refractivity contribution < 1.29 is 14.3 Å². The number of nitrogens with zero attached hydrogens (tertiary/aromatic N) is 1. The number of amides is 2. The Balaban J connectivity index is 1.91. The highest BCUT2D eigenvalue weighted by Crippen LogP contribution is 2.19. The van der Waals surface area contributed by atoms with Crippen molar-refractivity contribution in [1.29, 1.82) is 0 Å². The number of rotatable bonds is 6. The molecule has 24 heavy (non-hydrogen) atoms. The van der Waals surface area contributed by atoms with Crippen molar-refractivity contribution in [2.75, 3.05) is 26.5 Å². The summed E-state index contributed by atoms with van der Waals surface area (Å²) < 4.78 is 5.28. The Morgan fingerprint density at radius 1 is 1.04 bits per heavy atom. The summed E-state index contributed by atoms with van der Waals surface area (Å²) in [7, 11) is 5.03. The molecule has 0 fully saturated rings. The lowest BCUT2D eigenvalue weighted by molar-refractivity contribution is -0.116. The Kier molecular flexibility index (Phi) is 5.95. The fraction of sp³-hybridized carbons (Fsp3) is 0.263. The lowest BCUT2D eigenvalue weighted by Crippen LogP contribution is -2.21. The van der Waals surface area contributed by atoms with E-state index in [4.69, 9.17) is 4.74 Å². The number of ether oxygens (including phenoxy) is 1. The number of hydrogen-bond donors (Lipinski definition) is 1. The fourth-order valence-electron chi connectivity index (χ4n) is 2.34. The maximum atomic E-state index is 12.1. The maximum Gasteiger partial charge on any atom is 0.253 e. The summed E-state index contributed by atoms with van der Waals surface area (Å²) in [5, 5.41) is 2.84. The van der Waals surface area contributed by atoms with Gasteiger partial charge in [-0.3, -0.25) is 9.59 Å². The van der Waals surface area contributed by atoms with Gasteiger partial charge < -0.3 is 15.0 Å². The van der Waals surface area contributed by atoms with E-state index >= 15 is 0 Å². The number of carbonyl (C=O) groups excluding carboxylic acids is 2. The molecule has 0 aliphatic rings. The van der Waals surface area contributed by atoms with Crippen LogP contribution in [0.1, 0.15) is 22.3 Å². The normalized spacial score (nSPS) is 10.1. The average molecular weight is 326 g/mol. The Morgan fingerprint density at radius 2 is 1.71 bits per heavy atom. The molecule has 2 rings (SSSR count). The Bertz CT molecular complexity index is 709. The molecule has 0 aliphatic carbocycles. The predicted octanol–water partition coefficient (Wildman–Crippen LogP) is 2.97.